The number of benzene rings is 3. The number of allylic oxidation sites excluding steroid dienone is 4. The third-order valence-electron chi connectivity index (χ3n) is 4.45. The zero-order chi connectivity index (χ0) is 17.9. The lowest BCUT2D eigenvalue weighted by Crippen LogP contribution is -2.07. The van der Waals surface area contributed by atoms with Gasteiger partial charge in [0.1, 0.15) is 0 Å². The van der Waals surface area contributed by atoms with Crippen molar-refractivity contribution in [3.05, 3.63) is 103 Å². The van der Waals surface area contributed by atoms with Crippen LogP contribution in [0.5, 0.6) is 0 Å². The topological polar surface area (TPSA) is 34.1 Å². The Morgan fingerprint density at radius 3 is 1.88 bits per heavy atom. The Morgan fingerprint density at radius 1 is 0.538 bits per heavy atom. The van der Waals surface area contributed by atoms with Gasteiger partial charge in [0.2, 0.25) is 0 Å². The Bertz CT molecular complexity index is 1040. The van der Waals surface area contributed by atoms with Crippen LogP contribution in [0.2, 0.25) is 0 Å². The Labute approximate surface area is 152 Å². The molecule has 0 aromatic heterocycles. The molecule has 26 heavy (non-hydrogen) atoms. The van der Waals surface area contributed by atoms with Crippen molar-refractivity contribution in [1.82, 2.24) is 0 Å². The van der Waals surface area contributed by atoms with E-state index in [1.165, 1.54) is 18.2 Å². The summed E-state index contributed by atoms with van der Waals surface area (Å²) in [4.78, 5) is 24.3. The largest absolute Gasteiger partial charge is 0.290 e. The van der Waals surface area contributed by atoms with Gasteiger partial charge in [-0.25, -0.2) is 0 Å². The molecule has 3 aromatic rings. The molecule has 0 atom stereocenters. The number of ketones is 2. The van der Waals surface area contributed by atoms with Crippen LogP contribution in [0.4, 0.5) is 0 Å². The molecule has 0 spiro atoms. The predicted molar refractivity (Wildman–Crippen MR) is 104 cm³/mol. The van der Waals surface area contributed by atoms with Gasteiger partial charge < -0.3 is 0 Å². The molecule has 0 amide bonds. The molecular formula is C24H16O2. The first kappa shape index (κ1) is 16.0. The van der Waals surface area contributed by atoms with E-state index in [2.05, 4.69) is 0 Å². The average molecular weight is 336 g/mol. The number of rotatable bonds is 3. The maximum atomic E-state index is 12.5. The van der Waals surface area contributed by atoms with Crippen molar-refractivity contribution < 1.29 is 9.59 Å². The van der Waals surface area contributed by atoms with Crippen LogP contribution < -0.4 is 0 Å². The zero-order valence-corrected chi connectivity index (χ0v) is 14.1. The van der Waals surface area contributed by atoms with E-state index in [9.17, 15) is 9.59 Å². The van der Waals surface area contributed by atoms with Gasteiger partial charge in [-0.05, 0) is 52.1 Å². The second-order valence-corrected chi connectivity index (χ2v) is 6.15. The molecule has 0 aliphatic heterocycles. The Morgan fingerprint density at radius 2 is 1.19 bits per heavy atom. The lowest BCUT2D eigenvalue weighted by Gasteiger charge is -2.15. The fourth-order valence-corrected chi connectivity index (χ4v) is 3.17. The molecule has 0 unspecified atom stereocenters. The van der Waals surface area contributed by atoms with Crippen LogP contribution in [0.1, 0.15) is 5.56 Å². The summed E-state index contributed by atoms with van der Waals surface area (Å²) in [5.74, 6) is -0.310. The average Bonchev–Trinajstić information content (AvgIpc) is 2.71. The van der Waals surface area contributed by atoms with E-state index in [-0.39, 0.29) is 11.6 Å². The maximum Gasteiger partial charge on any atom is 0.186 e. The molecule has 124 valence electrons. The lowest BCUT2D eigenvalue weighted by atomic mass is 9.87. The molecule has 0 saturated carbocycles. The Kier molecular flexibility index (Phi) is 4.16. The van der Waals surface area contributed by atoms with Crippen LogP contribution in [0.15, 0.2) is 97.1 Å². The van der Waals surface area contributed by atoms with Gasteiger partial charge in [0.05, 0.1) is 0 Å². The van der Waals surface area contributed by atoms with Gasteiger partial charge in [0.25, 0.3) is 0 Å². The lowest BCUT2D eigenvalue weighted by molar-refractivity contribution is -0.113. The van der Waals surface area contributed by atoms with Gasteiger partial charge in [0, 0.05) is 5.57 Å². The first-order valence-electron chi connectivity index (χ1n) is 8.46. The van der Waals surface area contributed by atoms with Gasteiger partial charge in [-0.3, -0.25) is 9.59 Å². The van der Waals surface area contributed by atoms with Crippen molar-refractivity contribution in [3.8, 4) is 22.3 Å². The molecule has 1 aliphatic rings. The third kappa shape index (κ3) is 3.05. The minimum Gasteiger partial charge on any atom is -0.290 e. The summed E-state index contributed by atoms with van der Waals surface area (Å²) in [7, 11) is 0. The van der Waals surface area contributed by atoms with Crippen LogP contribution >= 0.6 is 0 Å². The van der Waals surface area contributed by atoms with Gasteiger partial charge >= 0.3 is 0 Å². The molecule has 1 aliphatic carbocycles. The number of carbonyl (C=O) groups excluding carboxylic acids is 2. The highest BCUT2D eigenvalue weighted by Crippen LogP contribution is 2.34. The van der Waals surface area contributed by atoms with E-state index in [1.807, 2.05) is 78.9 Å². The molecule has 0 fully saturated rings. The van der Waals surface area contributed by atoms with Crippen LogP contribution in [0, 0.1) is 0 Å². The second-order valence-electron chi connectivity index (χ2n) is 6.15. The monoisotopic (exact) mass is 336 g/mol. The Balaban J connectivity index is 1.93. The standard InChI is InChI=1S/C24H16O2/c25-20-12-14-24(26)23(16-20)22-15-19(17-7-3-1-4-8-17)11-13-21(22)18-9-5-2-6-10-18/h1-16H. The molecule has 0 heterocycles. The van der Waals surface area contributed by atoms with E-state index in [1.54, 1.807) is 0 Å². The van der Waals surface area contributed by atoms with Crippen LogP contribution in [0.3, 0.4) is 0 Å². The second kappa shape index (κ2) is 6.77. The molecule has 4 rings (SSSR count). The highest BCUT2D eigenvalue weighted by atomic mass is 16.1. The van der Waals surface area contributed by atoms with Gasteiger partial charge in [-0.2, -0.15) is 0 Å². The van der Waals surface area contributed by atoms with E-state index in [0.29, 0.717) is 5.57 Å². The summed E-state index contributed by atoms with van der Waals surface area (Å²) in [5.41, 5.74) is 5.25. The minimum absolute atomic E-state index is 0.146. The van der Waals surface area contributed by atoms with Crippen molar-refractivity contribution in [3.63, 3.8) is 0 Å². The first-order chi connectivity index (χ1) is 12.7. The smallest absolute Gasteiger partial charge is 0.186 e. The van der Waals surface area contributed by atoms with Crippen molar-refractivity contribution in [2.24, 2.45) is 0 Å². The van der Waals surface area contributed by atoms with Crippen molar-refractivity contribution >= 4 is 17.1 Å². The summed E-state index contributed by atoms with van der Waals surface area (Å²) in [5, 5.41) is 0. The summed E-state index contributed by atoms with van der Waals surface area (Å²) in [6, 6.07) is 26.0. The SMILES string of the molecule is O=C1C=CC(=O)C(c2cc(-c3ccccc3)ccc2-c2ccccc2)=C1. The van der Waals surface area contributed by atoms with Crippen molar-refractivity contribution in [2.75, 3.05) is 0 Å². The normalized spacial score (nSPS) is 13.6. The molecule has 0 saturated heterocycles. The van der Waals surface area contributed by atoms with Crippen molar-refractivity contribution in [1.29, 1.82) is 0 Å². The Hall–Kier alpha value is -3.52. The summed E-state index contributed by atoms with van der Waals surface area (Å²) >= 11 is 0. The zero-order valence-electron chi connectivity index (χ0n) is 14.1. The van der Waals surface area contributed by atoms with Crippen LogP contribution in [-0.2, 0) is 9.59 Å². The summed E-state index contributed by atoms with van der Waals surface area (Å²) in [6.07, 6.45) is 4.09. The number of carbonyl (C=O) groups is 2. The quantitative estimate of drug-likeness (QED) is 0.623. The van der Waals surface area contributed by atoms with Gasteiger partial charge in [-0.1, -0.05) is 72.8 Å². The number of hydrogen-bond acceptors (Lipinski definition) is 2. The fraction of sp³-hybridized carbons (Fsp3) is 0. The summed E-state index contributed by atoms with van der Waals surface area (Å²) < 4.78 is 0. The highest BCUT2D eigenvalue weighted by molar-refractivity contribution is 6.34. The van der Waals surface area contributed by atoms with Gasteiger partial charge in [-0.15, -0.1) is 0 Å². The van der Waals surface area contributed by atoms with Crippen LogP contribution in [-0.4, -0.2) is 11.6 Å². The molecule has 0 bridgehead atoms. The van der Waals surface area contributed by atoms with E-state index < -0.39 is 0 Å². The molecular weight excluding hydrogens is 320 g/mol. The van der Waals surface area contributed by atoms with Gasteiger partial charge in [0.15, 0.2) is 11.6 Å². The highest BCUT2D eigenvalue weighted by Gasteiger charge is 2.19. The van der Waals surface area contributed by atoms with Crippen molar-refractivity contribution in [2.45, 2.75) is 0 Å². The molecule has 3 aromatic carbocycles. The van der Waals surface area contributed by atoms with Crippen LogP contribution in [0.25, 0.3) is 27.8 Å². The molecule has 2 nitrogen and oxygen atoms in total. The molecule has 2 heteroatoms. The predicted octanol–water partition coefficient (Wildman–Crippen LogP) is 5.11. The molecule has 0 N–H and O–H groups in total. The third-order valence-corrected chi connectivity index (χ3v) is 4.45. The fourth-order valence-electron chi connectivity index (χ4n) is 3.17. The maximum absolute atomic E-state index is 12.5. The summed E-state index contributed by atoms with van der Waals surface area (Å²) in [6.45, 7) is 0. The first-order valence-corrected chi connectivity index (χ1v) is 8.46. The van der Waals surface area contributed by atoms with E-state index in [0.717, 1.165) is 27.8 Å². The van der Waals surface area contributed by atoms with E-state index in [4.69, 9.17) is 0 Å². The minimum atomic E-state index is -0.163. The molecule has 0 radical (unpaired) electrons. The van der Waals surface area contributed by atoms with E-state index >= 15 is 0 Å². The number of hydrogen-bond donors (Lipinski definition) is 0.